The number of aryl methyl sites for hydroxylation is 2. The molecule has 1 aromatic heterocycles. The Hall–Kier alpha value is -1.21. The van der Waals surface area contributed by atoms with Crippen LogP contribution in [0.15, 0.2) is 41.2 Å². The summed E-state index contributed by atoms with van der Waals surface area (Å²) in [5.74, 6) is 0. The van der Waals surface area contributed by atoms with E-state index in [2.05, 4.69) is 18.2 Å². The maximum absolute atomic E-state index is 6.41. The molecule has 16 heavy (non-hydrogen) atoms. The van der Waals surface area contributed by atoms with E-state index < -0.39 is 0 Å². The molecule has 1 aliphatic carbocycles. The normalized spacial score (nSPS) is 16.1. The van der Waals surface area contributed by atoms with Crippen LogP contribution in [0, 0.1) is 0 Å². The minimum atomic E-state index is -0.0929. The average molecular weight is 233 g/mol. The molecule has 2 heteroatoms. The highest BCUT2D eigenvalue weighted by molar-refractivity contribution is 6.22. The fraction of sp³-hybridized carbons (Fsp3) is 0.286. The van der Waals surface area contributed by atoms with E-state index in [4.69, 9.17) is 16.0 Å². The predicted octanol–water partition coefficient (Wildman–Crippen LogP) is 4.10. The molecule has 0 radical (unpaired) electrons. The summed E-state index contributed by atoms with van der Waals surface area (Å²) in [7, 11) is 0. The van der Waals surface area contributed by atoms with Gasteiger partial charge < -0.3 is 4.42 Å². The molecule has 1 atom stereocenters. The molecule has 0 fully saturated rings. The zero-order chi connectivity index (χ0) is 11.0. The fourth-order valence-electron chi connectivity index (χ4n) is 2.36. The van der Waals surface area contributed by atoms with Crippen molar-refractivity contribution in [3.8, 4) is 0 Å². The van der Waals surface area contributed by atoms with Crippen molar-refractivity contribution in [3.63, 3.8) is 0 Å². The van der Waals surface area contributed by atoms with E-state index in [0.29, 0.717) is 0 Å². The molecule has 1 unspecified atom stereocenters. The summed E-state index contributed by atoms with van der Waals surface area (Å²) in [5, 5.41) is -0.0929. The zero-order valence-corrected chi connectivity index (χ0v) is 9.70. The molecule has 1 aliphatic rings. The van der Waals surface area contributed by atoms with Crippen molar-refractivity contribution in [2.75, 3.05) is 0 Å². The fourth-order valence-corrected chi connectivity index (χ4v) is 2.62. The molecule has 0 saturated heterocycles. The third kappa shape index (κ3) is 1.65. The van der Waals surface area contributed by atoms with Gasteiger partial charge in [0.2, 0.25) is 0 Å². The molecule has 0 spiro atoms. The molecule has 0 amide bonds. The van der Waals surface area contributed by atoms with Gasteiger partial charge >= 0.3 is 0 Å². The molecule has 1 heterocycles. The Morgan fingerprint density at radius 2 is 1.94 bits per heavy atom. The Morgan fingerprint density at radius 3 is 2.75 bits per heavy atom. The van der Waals surface area contributed by atoms with Gasteiger partial charge in [-0.05, 0) is 42.0 Å². The largest absolute Gasteiger partial charge is 0.472 e. The summed E-state index contributed by atoms with van der Waals surface area (Å²) in [5.41, 5.74) is 5.15. The Bertz CT molecular complexity index is 487. The van der Waals surface area contributed by atoms with E-state index >= 15 is 0 Å². The molecule has 0 bridgehead atoms. The molecule has 0 N–H and O–H groups in total. The van der Waals surface area contributed by atoms with E-state index in [9.17, 15) is 0 Å². The van der Waals surface area contributed by atoms with Crippen molar-refractivity contribution in [3.05, 3.63) is 59.0 Å². The molecular formula is C14H13ClO. The lowest BCUT2D eigenvalue weighted by Gasteiger charge is -2.09. The van der Waals surface area contributed by atoms with Crippen LogP contribution in [-0.4, -0.2) is 0 Å². The maximum Gasteiger partial charge on any atom is 0.0952 e. The summed E-state index contributed by atoms with van der Waals surface area (Å²) in [6, 6.07) is 8.51. The van der Waals surface area contributed by atoms with Crippen LogP contribution >= 0.6 is 11.6 Å². The first-order valence-corrected chi connectivity index (χ1v) is 6.06. The van der Waals surface area contributed by atoms with Crippen LogP contribution in [0.4, 0.5) is 0 Å². The van der Waals surface area contributed by atoms with E-state index in [1.807, 2.05) is 6.07 Å². The minimum absolute atomic E-state index is 0.0929. The lowest BCUT2D eigenvalue weighted by Crippen LogP contribution is -1.93. The molecule has 0 saturated carbocycles. The van der Waals surface area contributed by atoms with Crippen LogP contribution in [0.3, 0.4) is 0 Å². The average Bonchev–Trinajstić information content (AvgIpc) is 2.98. The number of fused-ring (bicyclic) bond motifs is 1. The molecule has 1 aromatic carbocycles. The first-order chi connectivity index (χ1) is 7.84. The van der Waals surface area contributed by atoms with Gasteiger partial charge in [0.15, 0.2) is 0 Å². The number of halogens is 1. The molecule has 82 valence electrons. The summed E-state index contributed by atoms with van der Waals surface area (Å²) in [6.45, 7) is 0. The number of alkyl halides is 1. The number of hydrogen-bond acceptors (Lipinski definition) is 1. The van der Waals surface area contributed by atoms with Crippen molar-refractivity contribution >= 4 is 11.6 Å². The smallest absolute Gasteiger partial charge is 0.0952 e. The maximum atomic E-state index is 6.41. The van der Waals surface area contributed by atoms with Crippen LogP contribution in [0.5, 0.6) is 0 Å². The first-order valence-electron chi connectivity index (χ1n) is 5.62. The van der Waals surface area contributed by atoms with Crippen molar-refractivity contribution in [1.82, 2.24) is 0 Å². The molecule has 3 rings (SSSR count). The summed E-state index contributed by atoms with van der Waals surface area (Å²) < 4.78 is 5.07. The standard InChI is InChI=1S/C14H13ClO/c15-14(13-6-7-16-9-13)12-5-4-10-2-1-3-11(10)8-12/h4-9,14H,1-3H2. The molecule has 2 aromatic rings. The topological polar surface area (TPSA) is 13.1 Å². The SMILES string of the molecule is ClC(c1ccoc1)c1ccc2c(c1)CCC2. The third-order valence-corrected chi connectivity index (χ3v) is 3.75. The van der Waals surface area contributed by atoms with Gasteiger partial charge in [-0.25, -0.2) is 0 Å². The molecule has 1 nitrogen and oxygen atoms in total. The van der Waals surface area contributed by atoms with E-state index in [1.54, 1.807) is 12.5 Å². The molecule has 0 aliphatic heterocycles. The van der Waals surface area contributed by atoms with E-state index in [-0.39, 0.29) is 5.38 Å². The Labute approximate surface area is 100 Å². The van der Waals surface area contributed by atoms with Crippen LogP contribution < -0.4 is 0 Å². The third-order valence-electron chi connectivity index (χ3n) is 3.25. The van der Waals surface area contributed by atoms with Gasteiger partial charge in [0.1, 0.15) is 0 Å². The summed E-state index contributed by atoms with van der Waals surface area (Å²) >= 11 is 6.41. The Balaban J connectivity index is 1.95. The quantitative estimate of drug-likeness (QED) is 0.711. The second-order valence-electron chi connectivity index (χ2n) is 4.30. The van der Waals surface area contributed by atoms with Gasteiger partial charge in [0, 0.05) is 5.56 Å². The monoisotopic (exact) mass is 232 g/mol. The van der Waals surface area contributed by atoms with Crippen molar-refractivity contribution in [1.29, 1.82) is 0 Å². The van der Waals surface area contributed by atoms with Crippen molar-refractivity contribution in [2.45, 2.75) is 24.6 Å². The number of hydrogen-bond donors (Lipinski definition) is 0. The number of rotatable bonds is 2. The summed E-state index contributed by atoms with van der Waals surface area (Å²) in [4.78, 5) is 0. The van der Waals surface area contributed by atoms with Crippen molar-refractivity contribution in [2.24, 2.45) is 0 Å². The lowest BCUT2D eigenvalue weighted by atomic mass is 10.0. The highest BCUT2D eigenvalue weighted by Gasteiger charge is 2.16. The van der Waals surface area contributed by atoms with Gasteiger partial charge in [0.25, 0.3) is 0 Å². The van der Waals surface area contributed by atoms with Gasteiger partial charge in [-0.2, -0.15) is 0 Å². The molecular weight excluding hydrogens is 220 g/mol. The highest BCUT2D eigenvalue weighted by Crippen LogP contribution is 2.32. The van der Waals surface area contributed by atoms with Crippen LogP contribution in [0.1, 0.15) is 34.1 Å². The van der Waals surface area contributed by atoms with Crippen LogP contribution in [0.2, 0.25) is 0 Å². The van der Waals surface area contributed by atoms with Crippen LogP contribution in [-0.2, 0) is 12.8 Å². The second kappa shape index (κ2) is 3.99. The predicted molar refractivity (Wildman–Crippen MR) is 64.9 cm³/mol. The zero-order valence-electron chi connectivity index (χ0n) is 8.95. The Morgan fingerprint density at radius 1 is 1.06 bits per heavy atom. The van der Waals surface area contributed by atoms with E-state index in [1.165, 1.54) is 36.0 Å². The minimum Gasteiger partial charge on any atom is -0.472 e. The van der Waals surface area contributed by atoms with Gasteiger partial charge in [-0.15, -0.1) is 11.6 Å². The Kier molecular flexibility index (Phi) is 2.49. The lowest BCUT2D eigenvalue weighted by molar-refractivity contribution is 0.564. The van der Waals surface area contributed by atoms with Gasteiger partial charge in [0.05, 0.1) is 17.9 Å². The van der Waals surface area contributed by atoms with Gasteiger partial charge in [-0.3, -0.25) is 0 Å². The number of furan rings is 1. The highest BCUT2D eigenvalue weighted by atomic mass is 35.5. The second-order valence-corrected chi connectivity index (χ2v) is 4.74. The van der Waals surface area contributed by atoms with Crippen molar-refractivity contribution < 1.29 is 4.42 Å². The van der Waals surface area contributed by atoms with Crippen LogP contribution in [0.25, 0.3) is 0 Å². The summed E-state index contributed by atoms with van der Waals surface area (Å²) in [6.07, 6.45) is 7.06. The number of benzene rings is 1. The van der Waals surface area contributed by atoms with E-state index in [0.717, 1.165) is 5.56 Å². The van der Waals surface area contributed by atoms with Gasteiger partial charge in [-0.1, -0.05) is 18.2 Å². The first kappa shape index (κ1) is 9.98.